The Labute approximate surface area is 125 Å². The smallest absolute Gasteiger partial charge is 0.307 e. The minimum Gasteiger partial charge on any atom is -0.481 e. The van der Waals surface area contributed by atoms with E-state index < -0.39 is 11.9 Å². The highest BCUT2D eigenvalue weighted by molar-refractivity contribution is 7.99. The van der Waals surface area contributed by atoms with E-state index in [0.29, 0.717) is 11.7 Å². The number of rotatable bonds is 4. The molecule has 0 aliphatic heterocycles. The summed E-state index contributed by atoms with van der Waals surface area (Å²) in [4.78, 5) is 23.7. The average Bonchev–Trinajstić information content (AvgIpc) is 2.47. The lowest BCUT2D eigenvalue weighted by Crippen LogP contribution is -2.45. The highest BCUT2D eigenvalue weighted by atomic mass is 32.2. The number of thioether (sulfide) groups is 1. The normalized spacial score (nSPS) is 34.5. The van der Waals surface area contributed by atoms with Gasteiger partial charge >= 0.3 is 5.97 Å². The first-order chi connectivity index (χ1) is 9.61. The second-order valence-electron chi connectivity index (χ2n) is 6.07. The second kappa shape index (κ2) is 7.34. The highest BCUT2D eigenvalue weighted by Gasteiger charge is 2.36. The van der Waals surface area contributed by atoms with Crippen molar-refractivity contribution in [2.24, 2.45) is 11.8 Å². The zero-order chi connectivity index (χ0) is 14.5. The molecule has 0 spiro atoms. The Hall–Kier alpha value is -0.710. The van der Waals surface area contributed by atoms with Crippen molar-refractivity contribution in [3.63, 3.8) is 0 Å². The molecule has 0 radical (unpaired) electrons. The predicted molar refractivity (Wildman–Crippen MR) is 80.8 cm³/mol. The zero-order valence-electron chi connectivity index (χ0n) is 12.1. The van der Waals surface area contributed by atoms with Crippen LogP contribution in [0.4, 0.5) is 0 Å². The number of carboxylic acid groups (broad SMARTS) is 1. The largest absolute Gasteiger partial charge is 0.481 e. The van der Waals surface area contributed by atoms with E-state index >= 15 is 0 Å². The van der Waals surface area contributed by atoms with Crippen LogP contribution in [0.3, 0.4) is 0 Å². The molecule has 114 valence electrons. The summed E-state index contributed by atoms with van der Waals surface area (Å²) in [5.74, 6) is -1.64. The van der Waals surface area contributed by atoms with E-state index in [4.69, 9.17) is 0 Å². The Bertz CT molecular complexity index is 361. The van der Waals surface area contributed by atoms with Crippen molar-refractivity contribution in [1.82, 2.24) is 5.32 Å². The SMILES string of the molecule is CSC1CCCC(NC(=O)C2CCCCC2C(=O)O)C1. The highest BCUT2D eigenvalue weighted by Crippen LogP contribution is 2.32. The molecular formula is C15H25NO3S. The quantitative estimate of drug-likeness (QED) is 0.837. The summed E-state index contributed by atoms with van der Waals surface area (Å²) in [6.45, 7) is 0. The number of hydrogen-bond donors (Lipinski definition) is 2. The Morgan fingerprint density at radius 3 is 2.40 bits per heavy atom. The summed E-state index contributed by atoms with van der Waals surface area (Å²) < 4.78 is 0. The summed E-state index contributed by atoms with van der Waals surface area (Å²) in [5, 5.41) is 13.0. The van der Waals surface area contributed by atoms with E-state index in [2.05, 4.69) is 11.6 Å². The van der Waals surface area contributed by atoms with Crippen molar-refractivity contribution in [2.45, 2.75) is 62.7 Å². The first kappa shape index (κ1) is 15.7. The maximum absolute atomic E-state index is 12.4. The molecule has 2 rings (SSSR count). The summed E-state index contributed by atoms with van der Waals surface area (Å²) in [7, 11) is 0. The first-order valence-corrected chi connectivity index (χ1v) is 8.96. The first-order valence-electron chi connectivity index (χ1n) is 7.67. The van der Waals surface area contributed by atoms with Gasteiger partial charge < -0.3 is 10.4 Å². The molecule has 0 aromatic carbocycles. The van der Waals surface area contributed by atoms with E-state index in [9.17, 15) is 14.7 Å². The lowest BCUT2D eigenvalue weighted by Gasteiger charge is -2.32. The minimum atomic E-state index is -0.810. The van der Waals surface area contributed by atoms with E-state index in [-0.39, 0.29) is 17.9 Å². The van der Waals surface area contributed by atoms with Gasteiger partial charge in [0.15, 0.2) is 0 Å². The van der Waals surface area contributed by atoms with Gasteiger partial charge in [0.05, 0.1) is 11.8 Å². The predicted octanol–water partition coefficient (Wildman–Crippen LogP) is 2.67. The van der Waals surface area contributed by atoms with Gasteiger partial charge in [-0.05, 0) is 38.4 Å². The van der Waals surface area contributed by atoms with Crippen LogP contribution in [0.5, 0.6) is 0 Å². The number of carbonyl (C=O) groups excluding carboxylic acids is 1. The van der Waals surface area contributed by atoms with E-state index in [0.717, 1.165) is 38.5 Å². The van der Waals surface area contributed by atoms with E-state index in [1.165, 1.54) is 6.42 Å². The van der Waals surface area contributed by atoms with Crippen molar-refractivity contribution < 1.29 is 14.7 Å². The summed E-state index contributed by atoms with van der Waals surface area (Å²) in [6.07, 6.45) is 9.84. The van der Waals surface area contributed by atoms with Gasteiger partial charge in [0.25, 0.3) is 0 Å². The molecule has 2 saturated carbocycles. The molecule has 2 N–H and O–H groups in total. The Kier molecular flexibility index (Phi) is 5.75. The molecule has 0 bridgehead atoms. The van der Waals surface area contributed by atoms with Crippen molar-refractivity contribution in [3.05, 3.63) is 0 Å². The molecule has 20 heavy (non-hydrogen) atoms. The number of aliphatic carboxylic acids is 1. The summed E-state index contributed by atoms with van der Waals surface area (Å²) in [5.41, 5.74) is 0. The molecule has 0 heterocycles. The topological polar surface area (TPSA) is 66.4 Å². The molecule has 0 aromatic heterocycles. The fraction of sp³-hybridized carbons (Fsp3) is 0.867. The standard InChI is InChI=1S/C15H25NO3S/c1-20-11-6-4-5-10(9-11)16-14(17)12-7-2-3-8-13(12)15(18)19/h10-13H,2-9H2,1H3,(H,16,17)(H,18,19). The van der Waals surface area contributed by atoms with E-state index in [1.807, 2.05) is 11.8 Å². The van der Waals surface area contributed by atoms with E-state index in [1.54, 1.807) is 0 Å². The molecular weight excluding hydrogens is 274 g/mol. The maximum atomic E-state index is 12.4. The Morgan fingerprint density at radius 2 is 1.75 bits per heavy atom. The second-order valence-corrected chi connectivity index (χ2v) is 7.20. The van der Waals surface area contributed by atoms with Crippen LogP contribution in [0.1, 0.15) is 51.4 Å². The number of carboxylic acids is 1. The van der Waals surface area contributed by atoms with Crippen LogP contribution < -0.4 is 5.32 Å². The molecule has 2 aliphatic carbocycles. The fourth-order valence-electron chi connectivity index (χ4n) is 3.54. The third-order valence-corrected chi connectivity index (χ3v) is 5.82. The van der Waals surface area contributed by atoms with Crippen LogP contribution in [0.15, 0.2) is 0 Å². The lowest BCUT2D eigenvalue weighted by molar-refractivity contribution is -0.149. The minimum absolute atomic E-state index is 0.0242. The third kappa shape index (κ3) is 3.90. The molecule has 2 fully saturated rings. The monoisotopic (exact) mass is 299 g/mol. The number of hydrogen-bond acceptors (Lipinski definition) is 3. The van der Waals surface area contributed by atoms with Gasteiger partial charge in [-0.15, -0.1) is 0 Å². The molecule has 1 amide bonds. The van der Waals surface area contributed by atoms with Gasteiger partial charge in [-0.1, -0.05) is 19.3 Å². The van der Waals surface area contributed by atoms with Crippen LogP contribution in [0.2, 0.25) is 0 Å². The summed E-state index contributed by atoms with van der Waals surface area (Å²) in [6, 6.07) is 0.241. The number of carbonyl (C=O) groups is 2. The van der Waals surface area contributed by atoms with Crippen molar-refractivity contribution in [1.29, 1.82) is 0 Å². The van der Waals surface area contributed by atoms with Gasteiger partial charge in [0.1, 0.15) is 0 Å². The molecule has 4 atom stereocenters. The zero-order valence-corrected chi connectivity index (χ0v) is 13.0. The van der Waals surface area contributed by atoms with Gasteiger partial charge in [-0.25, -0.2) is 0 Å². The average molecular weight is 299 g/mol. The van der Waals surface area contributed by atoms with Gasteiger partial charge in [0.2, 0.25) is 5.91 Å². The lowest BCUT2D eigenvalue weighted by atomic mass is 9.78. The number of nitrogens with one attached hydrogen (secondary N) is 1. The van der Waals surface area contributed by atoms with Crippen LogP contribution in [-0.4, -0.2) is 34.5 Å². The van der Waals surface area contributed by atoms with Gasteiger partial charge in [-0.2, -0.15) is 11.8 Å². The van der Waals surface area contributed by atoms with Crippen LogP contribution in [0, 0.1) is 11.8 Å². The molecule has 4 unspecified atom stereocenters. The summed E-state index contributed by atoms with van der Waals surface area (Å²) >= 11 is 1.87. The Morgan fingerprint density at radius 1 is 1.05 bits per heavy atom. The molecule has 0 aromatic rings. The van der Waals surface area contributed by atoms with Crippen LogP contribution in [-0.2, 0) is 9.59 Å². The number of amides is 1. The molecule has 2 aliphatic rings. The van der Waals surface area contributed by atoms with Crippen molar-refractivity contribution in [3.8, 4) is 0 Å². The van der Waals surface area contributed by atoms with Crippen LogP contribution in [0.25, 0.3) is 0 Å². The molecule has 5 heteroatoms. The fourth-order valence-corrected chi connectivity index (χ4v) is 4.37. The molecule has 0 saturated heterocycles. The third-order valence-electron chi connectivity index (χ3n) is 4.73. The van der Waals surface area contributed by atoms with Gasteiger partial charge in [-0.3, -0.25) is 9.59 Å². The molecule has 4 nitrogen and oxygen atoms in total. The van der Waals surface area contributed by atoms with Crippen molar-refractivity contribution in [2.75, 3.05) is 6.26 Å². The van der Waals surface area contributed by atoms with Crippen molar-refractivity contribution >= 4 is 23.6 Å². The van der Waals surface area contributed by atoms with Crippen LogP contribution >= 0.6 is 11.8 Å². The Balaban J connectivity index is 1.91. The maximum Gasteiger partial charge on any atom is 0.307 e. The van der Waals surface area contributed by atoms with Gasteiger partial charge in [0, 0.05) is 11.3 Å².